The highest BCUT2D eigenvalue weighted by molar-refractivity contribution is 6.39. The lowest BCUT2D eigenvalue weighted by atomic mass is 10.0. The van der Waals surface area contributed by atoms with Crippen molar-refractivity contribution in [3.8, 4) is 5.75 Å². The van der Waals surface area contributed by atoms with Gasteiger partial charge in [-0.2, -0.15) is 0 Å². The molecule has 4 rings (SSSR count). The number of nitrogens with zero attached hydrogens (tertiary/aromatic N) is 1. The van der Waals surface area contributed by atoms with Crippen molar-refractivity contribution in [3.05, 3.63) is 86.5 Å². The maximum Gasteiger partial charge on any atom is 0.326 e. The Morgan fingerprint density at radius 1 is 1.17 bits per heavy atom. The average molecular weight is 528 g/mol. The van der Waals surface area contributed by atoms with Gasteiger partial charge in [-0.3, -0.25) is 4.79 Å². The highest BCUT2D eigenvalue weighted by Crippen LogP contribution is 2.25. The summed E-state index contributed by atoms with van der Waals surface area (Å²) in [6, 6.07) is 12.8. The van der Waals surface area contributed by atoms with E-state index in [0.717, 1.165) is 36.5 Å². The number of rotatable bonds is 9. The molecule has 0 aliphatic carbocycles. The Balaban J connectivity index is 1.33. The number of hydrogen-bond acceptors (Lipinski definition) is 5. The predicted molar refractivity (Wildman–Crippen MR) is 140 cm³/mol. The molecule has 1 amide bonds. The van der Waals surface area contributed by atoms with E-state index >= 15 is 0 Å². The summed E-state index contributed by atoms with van der Waals surface area (Å²) in [5, 5.41) is 15.8. The average Bonchev–Trinajstić information content (AvgIpc) is 2.84. The molecule has 0 radical (unpaired) electrons. The van der Waals surface area contributed by atoms with Gasteiger partial charge < -0.3 is 20.5 Å². The van der Waals surface area contributed by atoms with Crippen LogP contribution in [-0.4, -0.2) is 41.2 Å². The number of benzene rings is 2. The third-order valence-corrected chi connectivity index (χ3v) is 6.71. The van der Waals surface area contributed by atoms with Crippen LogP contribution in [-0.2, 0) is 24.1 Å². The van der Waals surface area contributed by atoms with Crippen molar-refractivity contribution in [1.82, 2.24) is 10.3 Å². The summed E-state index contributed by atoms with van der Waals surface area (Å²) in [5.41, 5.74) is 4.32. The van der Waals surface area contributed by atoms with Gasteiger partial charge in [-0.05, 0) is 66.8 Å². The molecule has 1 atom stereocenters. The number of aliphatic carboxylic acids is 1. The zero-order valence-corrected chi connectivity index (χ0v) is 21.3. The second kappa shape index (κ2) is 11.6. The number of ether oxygens (including phenoxy) is 1. The van der Waals surface area contributed by atoms with Crippen LogP contribution >= 0.6 is 23.2 Å². The topological polar surface area (TPSA) is 101 Å². The smallest absolute Gasteiger partial charge is 0.326 e. The number of fused-ring (bicyclic) bond motifs is 1. The molecule has 36 heavy (non-hydrogen) atoms. The van der Waals surface area contributed by atoms with E-state index in [1.54, 1.807) is 30.3 Å². The second-order valence-electron chi connectivity index (χ2n) is 8.70. The number of carbonyl (C=O) groups is 2. The third kappa shape index (κ3) is 6.28. The molecule has 0 fully saturated rings. The van der Waals surface area contributed by atoms with Crippen molar-refractivity contribution >= 4 is 40.9 Å². The number of nitrogens with one attached hydrogen (secondary N) is 2. The molecule has 7 nitrogen and oxygen atoms in total. The number of carbonyl (C=O) groups excluding carboxylic acids is 1. The normalized spacial score (nSPS) is 13.3. The lowest BCUT2D eigenvalue weighted by Crippen LogP contribution is -2.42. The van der Waals surface area contributed by atoms with E-state index in [0.29, 0.717) is 18.8 Å². The summed E-state index contributed by atoms with van der Waals surface area (Å²) in [5.74, 6) is -0.142. The molecule has 1 aromatic heterocycles. The maximum atomic E-state index is 12.6. The molecule has 2 heterocycles. The predicted octanol–water partition coefficient (Wildman–Crippen LogP) is 5.10. The van der Waals surface area contributed by atoms with Crippen molar-refractivity contribution in [2.75, 3.05) is 18.5 Å². The van der Waals surface area contributed by atoms with Crippen LogP contribution in [0.2, 0.25) is 10.0 Å². The summed E-state index contributed by atoms with van der Waals surface area (Å²) in [7, 11) is 0. The number of carboxylic acid groups (broad SMARTS) is 1. The van der Waals surface area contributed by atoms with Gasteiger partial charge in [-0.1, -0.05) is 41.4 Å². The first-order valence-corrected chi connectivity index (χ1v) is 12.5. The van der Waals surface area contributed by atoms with Gasteiger partial charge >= 0.3 is 5.97 Å². The minimum Gasteiger partial charge on any atom is -0.493 e. The minimum atomic E-state index is -1.16. The number of pyridine rings is 1. The molecule has 2 aromatic carbocycles. The summed E-state index contributed by atoms with van der Waals surface area (Å²) < 4.78 is 5.87. The van der Waals surface area contributed by atoms with Gasteiger partial charge in [0.15, 0.2) is 0 Å². The number of hydrogen-bond donors (Lipinski definition) is 3. The maximum absolute atomic E-state index is 12.6. The van der Waals surface area contributed by atoms with Gasteiger partial charge in [-0.25, -0.2) is 9.78 Å². The van der Waals surface area contributed by atoms with Gasteiger partial charge in [0.25, 0.3) is 5.91 Å². The lowest BCUT2D eigenvalue weighted by Gasteiger charge is -2.20. The van der Waals surface area contributed by atoms with Crippen LogP contribution in [0.25, 0.3) is 0 Å². The number of halogens is 2. The van der Waals surface area contributed by atoms with E-state index in [2.05, 4.69) is 23.6 Å². The van der Waals surface area contributed by atoms with E-state index < -0.39 is 17.9 Å². The first-order valence-electron chi connectivity index (χ1n) is 11.7. The van der Waals surface area contributed by atoms with Crippen LogP contribution < -0.4 is 15.4 Å². The Bertz CT molecular complexity index is 1240. The molecule has 188 valence electrons. The van der Waals surface area contributed by atoms with E-state index in [1.165, 1.54) is 23.3 Å². The fourth-order valence-corrected chi connectivity index (χ4v) is 4.77. The summed E-state index contributed by atoms with van der Waals surface area (Å²) in [4.78, 5) is 29.1. The highest BCUT2D eigenvalue weighted by Gasteiger charge is 2.24. The molecule has 0 saturated carbocycles. The number of aromatic nitrogens is 1. The van der Waals surface area contributed by atoms with Gasteiger partial charge in [0.05, 0.1) is 22.2 Å². The molecular formula is C27H27Cl2N3O4. The van der Waals surface area contributed by atoms with Gasteiger partial charge in [0.1, 0.15) is 17.6 Å². The number of anilines is 1. The van der Waals surface area contributed by atoms with Crippen LogP contribution in [0.4, 0.5) is 5.82 Å². The quantitative estimate of drug-likeness (QED) is 0.357. The van der Waals surface area contributed by atoms with Gasteiger partial charge in [0, 0.05) is 25.1 Å². The fourth-order valence-electron chi connectivity index (χ4n) is 4.21. The Morgan fingerprint density at radius 2 is 1.89 bits per heavy atom. The standard InChI is InChI=1S/C27H27Cl2N3O4/c1-16-14-18(31-25-20(16)4-3-12-30-25)11-13-36-19-9-7-17(8-10-19)15-23(27(34)35)32-26(33)24-21(28)5-2-6-22(24)29/h2,5-10,14,23H,3-4,11-13,15H2,1H3,(H,30,31)(H,32,33)(H,34,35)/t23-/m0/s1. The van der Waals surface area contributed by atoms with Crippen LogP contribution in [0.3, 0.4) is 0 Å². The summed E-state index contributed by atoms with van der Waals surface area (Å²) in [6.07, 6.45) is 2.96. The van der Waals surface area contributed by atoms with Crippen LogP contribution in [0.1, 0.15) is 39.2 Å². The molecule has 9 heteroatoms. The molecule has 0 unspecified atom stereocenters. The summed E-state index contributed by atoms with van der Waals surface area (Å²) in [6.45, 7) is 3.54. The Hall–Kier alpha value is -3.29. The van der Waals surface area contributed by atoms with E-state index in [-0.39, 0.29) is 22.0 Å². The largest absolute Gasteiger partial charge is 0.493 e. The lowest BCUT2D eigenvalue weighted by molar-refractivity contribution is -0.139. The van der Waals surface area contributed by atoms with Crippen molar-refractivity contribution in [3.63, 3.8) is 0 Å². The summed E-state index contributed by atoms with van der Waals surface area (Å²) >= 11 is 12.1. The van der Waals surface area contributed by atoms with E-state index in [4.69, 9.17) is 32.9 Å². The first kappa shape index (κ1) is 25.8. The van der Waals surface area contributed by atoms with Crippen LogP contribution in [0, 0.1) is 6.92 Å². The molecule has 3 aromatic rings. The molecule has 0 saturated heterocycles. The van der Waals surface area contributed by atoms with E-state index in [9.17, 15) is 14.7 Å². The fraction of sp³-hybridized carbons (Fsp3) is 0.296. The van der Waals surface area contributed by atoms with Gasteiger partial charge in [0.2, 0.25) is 0 Å². The van der Waals surface area contributed by atoms with E-state index in [1.807, 2.05) is 0 Å². The zero-order valence-electron chi connectivity index (χ0n) is 19.8. The Morgan fingerprint density at radius 3 is 2.58 bits per heavy atom. The number of amides is 1. The van der Waals surface area contributed by atoms with Crippen molar-refractivity contribution in [1.29, 1.82) is 0 Å². The monoisotopic (exact) mass is 527 g/mol. The highest BCUT2D eigenvalue weighted by atomic mass is 35.5. The Kier molecular flexibility index (Phi) is 8.33. The van der Waals surface area contributed by atoms with Crippen molar-refractivity contribution in [2.45, 2.75) is 38.6 Å². The third-order valence-electron chi connectivity index (χ3n) is 6.08. The SMILES string of the molecule is Cc1cc(CCOc2ccc(C[C@H](NC(=O)c3c(Cl)cccc3Cl)C(=O)O)cc2)nc2c1CCCN2. The molecule has 1 aliphatic heterocycles. The van der Waals surface area contributed by atoms with Crippen LogP contribution in [0.15, 0.2) is 48.5 Å². The van der Waals surface area contributed by atoms with Crippen LogP contribution in [0.5, 0.6) is 5.75 Å². The zero-order chi connectivity index (χ0) is 25.7. The minimum absolute atomic E-state index is 0.0511. The second-order valence-corrected chi connectivity index (χ2v) is 9.51. The number of aryl methyl sites for hydroxylation is 1. The molecular weight excluding hydrogens is 501 g/mol. The molecule has 3 N–H and O–H groups in total. The first-order chi connectivity index (χ1) is 17.3. The molecule has 1 aliphatic rings. The van der Waals surface area contributed by atoms with Crippen molar-refractivity contribution < 1.29 is 19.4 Å². The van der Waals surface area contributed by atoms with Gasteiger partial charge in [-0.15, -0.1) is 0 Å². The van der Waals surface area contributed by atoms with Crippen molar-refractivity contribution in [2.24, 2.45) is 0 Å². The Labute approximate surface area is 219 Å². The number of carboxylic acids is 1. The molecule has 0 bridgehead atoms. The molecule has 0 spiro atoms.